The molecular weight excluding hydrogens is 244 g/mol. The predicted octanol–water partition coefficient (Wildman–Crippen LogP) is 2.41. The van der Waals surface area contributed by atoms with Gasteiger partial charge in [-0.2, -0.15) is 0 Å². The number of rotatable bonds is 2. The Labute approximate surface area is 108 Å². The summed E-state index contributed by atoms with van der Waals surface area (Å²) in [5, 5.41) is 19.1. The summed E-state index contributed by atoms with van der Waals surface area (Å²) < 4.78 is 1.51. The van der Waals surface area contributed by atoms with Crippen LogP contribution in [0.5, 0.6) is 5.75 Å². The van der Waals surface area contributed by atoms with Gasteiger partial charge in [0.1, 0.15) is 17.3 Å². The van der Waals surface area contributed by atoms with Crippen molar-refractivity contribution in [3.63, 3.8) is 0 Å². The average molecular weight is 254 g/mol. The van der Waals surface area contributed by atoms with Gasteiger partial charge in [-0.25, -0.2) is 9.78 Å². The number of aromatic hydroxyl groups is 1. The smallest absolute Gasteiger partial charge is 0.352 e. The number of benzene rings is 1. The molecule has 1 aromatic carbocycles. The molecule has 2 heterocycles. The Balaban J connectivity index is 2.37. The van der Waals surface area contributed by atoms with Gasteiger partial charge in [-0.1, -0.05) is 18.2 Å². The highest BCUT2D eigenvalue weighted by Gasteiger charge is 2.15. The molecule has 94 valence electrons. The molecule has 0 atom stereocenters. The van der Waals surface area contributed by atoms with Crippen molar-refractivity contribution < 1.29 is 15.0 Å². The fourth-order valence-corrected chi connectivity index (χ4v) is 2.07. The number of phenolic OH excluding ortho intramolecular Hbond substituents is 1. The van der Waals surface area contributed by atoms with E-state index in [0.29, 0.717) is 16.9 Å². The summed E-state index contributed by atoms with van der Waals surface area (Å²) in [5.74, 6) is -0.568. The monoisotopic (exact) mass is 254 g/mol. The van der Waals surface area contributed by atoms with Crippen LogP contribution in [0, 0.1) is 0 Å². The Kier molecular flexibility index (Phi) is 2.45. The summed E-state index contributed by atoms with van der Waals surface area (Å²) in [4.78, 5) is 15.5. The number of imidazole rings is 1. The van der Waals surface area contributed by atoms with E-state index in [9.17, 15) is 15.0 Å². The van der Waals surface area contributed by atoms with Gasteiger partial charge in [0.2, 0.25) is 0 Å². The van der Waals surface area contributed by atoms with E-state index < -0.39 is 5.97 Å². The summed E-state index contributed by atoms with van der Waals surface area (Å²) in [6, 6.07) is 11.6. The van der Waals surface area contributed by atoms with E-state index in [1.54, 1.807) is 42.6 Å². The number of hydrogen-bond donors (Lipinski definition) is 2. The highest BCUT2D eigenvalue weighted by atomic mass is 16.4. The second-order valence-corrected chi connectivity index (χ2v) is 4.08. The highest BCUT2D eigenvalue weighted by molar-refractivity contribution is 5.88. The first-order chi connectivity index (χ1) is 9.18. The van der Waals surface area contributed by atoms with Crippen LogP contribution in [-0.4, -0.2) is 25.6 Å². The maximum absolute atomic E-state index is 11.3. The van der Waals surface area contributed by atoms with Gasteiger partial charge in [0.25, 0.3) is 0 Å². The van der Waals surface area contributed by atoms with Crippen LogP contribution in [0.4, 0.5) is 0 Å². The van der Waals surface area contributed by atoms with Crippen LogP contribution >= 0.6 is 0 Å². The van der Waals surface area contributed by atoms with Crippen LogP contribution in [0.3, 0.4) is 0 Å². The van der Waals surface area contributed by atoms with E-state index in [4.69, 9.17) is 0 Å². The maximum atomic E-state index is 11.3. The van der Waals surface area contributed by atoms with E-state index in [0.717, 1.165) is 0 Å². The fraction of sp³-hybridized carbons (Fsp3) is 0. The second kappa shape index (κ2) is 4.13. The van der Waals surface area contributed by atoms with Crippen molar-refractivity contribution in [1.82, 2.24) is 9.38 Å². The number of carboxylic acids is 1. The summed E-state index contributed by atoms with van der Waals surface area (Å²) in [7, 11) is 0. The van der Waals surface area contributed by atoms with Crippen LogP contribution in [0.25, 0.3) is 16.9 Å². The molecule has 0 radical (unpaired) electrons. The first-order valence-corrected chi connectivity index (χ1v) is 5.66. The Morgan fingerprint density at radius 1 is 1.11 bits per heavy atom. The molecule has 5 nitrogen and oxygen atoms in total. The summed E-state index contributed by atoms with van der Waals surface area (Å²) in [6.45, 7) is 0. The number of hydrogen-bond acceptors (Lipinski definition) is 3. The molecule has 0 aliphatic rings. The van der Waals surface area contributed by atoms with Gasteiger partial charge in [0, 0.05) is 0 Å². The lowest BCUT2D eigenvalue weighted by Gasteiger charge is -2.06. The van der Waals surface area contributed by atoms with Gasteiger partial charge < -0.3 is 10.2 Å². The van der Waals surface area contributed by atoms with Gasteiger partial charge >= 0.3 is 5.97 Å². The number of nitrogens with zero attached hydrogens (tertiary/aromatic N) is 2. The summed E-state index contributed by atoms with van der Waals surface area (Å²) >= 11 is 0. The van der Waals surface area contributed by atoms with Crippen LogP contribution in [-0.2, 0) is 0 Å². The Morgan fingerprint density at radius 3 is 2.63 bits per heavy atom. The van der Waals surface area contributed by atoms with E-state index in [1.165, 1.54) is 10.5 Å². The molecule has 0 aliphatic heterocycles. The SMILES string of the molecule is O=C(O)c1cccc2cnc(-c3ccccc3O)n12. The van der Waals surface area contributed by atoms with Gasteiger partial charge in [-0.05, 0) is 24.3 Å². The molecule has 0 aliphatic carbocycles. The number of fused-ring (bicyclic) bond motifs is 1. The summed E-state index contributed by atoms with van der Waals surface area (Å²) in [5.41, 5.74) is 1.27. The first-order valence-electron chi connectivity index (χ1n) is 5.66. The van der Waals surface area contributed by atoms with Crippen LogP contribution in [0.1, 0.15) is 10.5 Å². The molecule has 3 aromatic rings. The number of carbonyl (C=O) groups is 1. The van der Waals surface area contributed by atoms with Crippen LogP contribution in [0.2, 0.25) is 0 Å². The number of pyridine rings is 1. The third-order valence-corrected chi connectivity index (χ3v) is 2.92. The van der Waals surface area contributed by atoms with Crippen molar-refractivity contribution in [2.75, 3.05) is 0 Å². The lowest BCUT2D eigenvalue weighted by molar-refractivity contribution is 0.0689. The molecule has 0 saturated heterocycles. The minimum absolute atomic E-state index is 0.0650. The maximum Gasteiger partial charge on any atom is 0.352 e. The van der Waals surface area contributed by atoms with Gasteiger partial charge in [0.05, 0.1) is 17.3 Å². The average Bonchev–Trinajstić information content (AvgIpc) is 2.82. The lowest BCUT2D eigenvalue weighted by atomic mass is 10.2. The van der Waals surface area contributed by atoms with E-state index in [1.807, 2.05) is 0 Å². The first kappa shape index (κ1) is 11.3. The second-order valence-electron chi connectivity index (χ2n) is 4.08. The number of phenols is 1. The van der Waals surface area contributed by atoms with Crippen LogP contribution in [0.15, 0.2) is 48.7 Å². The molecule has 0 bridgehead atoms. The summed E-state index contributed by atoms with van der Waals surface area (Å²) in [6.07, 6.45) is 1.58. The molecule has 5 heteroatoms. The number of aromatic carboxylic acids is 1. The number of carboxylic acid groups (broad SMARTS) is 1. The van der Waals surface area contributed by atoms with Crippen molar-refractivity contribution in [2.24, 2.45) is 0 Å². The number of para-hydroxylation sites is 1. The molecular formula is C14H10N2O3. The van der Waals surface area contributed by atoms with Crippen molar-refractivity contribution in [3.05, 3.63) is 54.4 Å². The van der Waals surface area contributed by atoms with Crippen molar-refractivity contribution in [2.45, 2.75) is 0 Å². The zero-order valence-corrected chi connectivity index (χ0v) is 9.82. The normalized spacial score (nSPS) is 10.7. The Hall–Kier alpha value is -2.82. The molecule has 3 rings (SSSR count). The Bertz CT molecular complexity index is 777. The standard InChI is InChI=1S/C14H10N2O3/c17-12-7-2-1-5-10(12)13-15-8-9-4-3-6-11(14(18)19)16(9)13/h1-8,17H,(H,18,19). The predicted molar refractivity (Wildman–Crippen MR) is 69.3 cm³/mol. The highest BCUT2D eigenvalue weighted by Crippen LogP contribution is 2.28. The van der Waals surface area contributed by atoms with E-state index in [-0.39, 0.29) is 11.4 Å². The molecule has 19 heavy (non-hydrogen) atoms. The third-order valence-electron chi connectivity index (χ3n) is 2.92. The van der Waals surface area contributed by atoms with Crippen molar-refractivity contribution in [3.8, 4) is 17.1 Å². The molecule has 2 aromatic heterocycles. The molecule has 0 amide bonds. The quantitative estimate of drug-likeness (QED) is 0.736. The topological polar surface area (TPSA) is 74.8 Å². The van der Waals surface area contributed by atoms with E-state index in [2.05, 4.69) is 4.98 Å². The minimum atomic E-state index is -1.04. The van der Waals surface area contributed by atoms with Crippen molar-refractivity contribution in [1.29, 1.82) is 0 Å². The van der Waals surface area contributed by atoms with Gasteiger partial charge in [0.15, 0.2) is 0 Å². The lowest BCUT2D eigenvalue weighted by Crippen LogP contribution is -2.05. The third kappa shape index (κ3) is 1.72. The zero-order valence-electron chi connectivity index (χ0n) is 9.82. The molecule has 0 unspecified atom stereocenters. The van der Waals surface area contributed by atoms with E-state index >= 15 is 0 Å². The van der Waals surface area contributed by atoms with Gasteiger partial charge in [-0.3, -0.25) is 4.40 Å². The Morgan fingerprint density at radius 2 is 1.89 bits per heavy atom. The van der Waals surface area contributed by atoms with Gasteiger partial charge in [-0.15, -0.1) is 0 Å². The molecule has 0 spiro atoms. The number of aromatic nitrogens is 2. The molecule has 0 saturated carbocycles. The molecule has 0 fully saturated rings. The molecule has 2 N–H and O–H groups in total. The fourth-order valence-electron chi connectivity index (χ4n) is 2.07. The largest absolute Gasteiger partial charge is 0.507 e. The minimum Gasteiger partial charge on any atom is -0.507 e. The zero-order chi connectivity index (χ0) is 13.4. The van der Waals surface area contributed by atoms with Crippen LogP contribution < -0.4 is 0 Å². The van der Waals surface area contributed by atoms with Crippen molar-refractivity contribution >= 4 is 11.5 Å².